The summed E-state index contributed by atoms with van der Waals surface area (Å²) in [6.07, 6.45) is 3.13. The average molecular weight is 431 g/mol. The highest BCUT2D eigenvalue weighted by Crippen LogP contribution is 2.38. The van der Waals surface area contributed by atoms with Gasteiger partial charge < -0.3 is 14.8 Å². The normalized spacial score (nSPS) is 22.8. The summed E-state index contributed by atoms with van der Waals surface area (Å²) in [5.41, 5.74) is -0.829. The molecule has 1 saturated heterocycles. The predicted octanol–water partition coefficient (Wildman–Crippen LogP) is 0.995. The van der Waals surface area contributed by atoms with Gasteiger partial charge in [-0.25, -0.2) is 4.79 Å². The lowest BCUT2D eigenvalue weighted by Crippen LogP contribution is -2.54. The van der Waals surface area contributed by atoms with Gasteiger partial charge in [0.1, 0.15) is 17.8 Å². The summed E-state index contributed by atoms with van der Waals surface area (Å²) in [7, 11) is 1.39. The van der Waals surface area contributed by atoms with E-state index in [1.807, 2.05) is 6.92 Å². The molecule has 1 aromatic rings. The fourth-order valence-corrected chi connectivity index (χ4v) is 4.02. The number of carbonyl (C=O) groups is 5. The summed E-state index contributed by atoms with van der Waals surface area (Å²) in [4.78, 5) is 62.2. The van der Waals surface area contributed by atoms with Gasteiger partial charge in [-0.15, -0.1) is 0 Å². The van der Waals surface area contributed by atoms with Crippen LogP contribution in [-0.4, -0.2) is 60.4 Å². The second-order valence-electron chi connectivity index (χ2n) is 7.68. The third-order valence-electron chi connectivity index (χ3n) is 5.76. The standard InChI is InChI=1S/C21H25N3O7/c1-13-7-5-6-10-21(13)19(28)24(20(29)23-21)11-17(26)31-12-16(25)22-18(27)14-8-3-4-9-15(14)30-2/h3-4,8-9,13H,5-7,10-12H2,1-2H3,(H,23,29)(H,22,25,27)/t13-,21+/m1/s1. The molecule has 1 spiro atoms. The van der Waals surface area contributed by atoms with Crippen molar-refractivity contribution in [3.63, 3.8) is 0 Å². The van der Waals surface area contributed by atoms with Crippen LogP contribution in [0.5, 0.6) is 5.75 Å². The Balaban J connectivity index is 1.52. The van der Waals surface area contributed by atoms with Gasteiger partial charge in [-0.3, -0.25) is 29.4 Å². The molecule has 1 aliphatic carbocycles. The summed E-state index contributed by atoms with van der Waals surface area (Å²) in [5.74, 6) is -2.68. The maximum atomic E-state index is 12.8. The van der Waals surface area contributed by atoms with Gasteiger partial charge in [0.15, 0.2) is 6.61 Å². The van der Waals surface area contributed by atoms with Crippen molar-refractivity contribution >= 4 is 29.7 Å². The zero-order chi connectivity index (χ0) is 22.6. The van der Waals surface area contributed by atoms with Crippen molar-refractivity contribution in [3.8, 4) is 5.75 Å². The first-order valence-electron chi connectivity index (χ1n) is 10.1. The van der Waals surface area contributed by atoms with Crippen LogP contribution in [0, 0.1) is 5.92 Å². The molecule has 10 nitrogen and oxygen atoms in total. The molecule has 10 heteroatoms. The van der Waals surface area contributed by atoms with E-state index in [1.165, 1.54) is 13.2 Å². The second kappa shape index (κ2) is 9.15. The number of benzene rings is 1. The van der Waals surface area contributed by atoms with Crippen molar-refractivity contribution < 1.29 is 33.4 Å². The molecule has 2 atom stereocenters. The molecule has 0 radical (unpaired) electrons. The fourth-order valence-electron chi connectivity index (χ4n) is 4.02. The first-order valence-corrected chi connectivity index (χ1v) is 10.1. The molecule has 1 saturated carbocycles. The van der Waals surface area contributed by atoms with E-state index in [0.29, 0.717) is 6.42 Å². The summed E-state index contributed by atoms with van der Waals surface area (Å²) in [6.45, 7) is 0.569. The van der Waals surface area contributed by atoms with Crippen molar-refractivity contribution in [2.24, 2.45) is 5.92 Å². The van der Waals surface area contributed by atoms with Gasteiger partial charge >= 0.3 is 12.0 Å². The summed E-state index contributed by atoms with van der Waals surface area (Å²) in [5, 5.41) is 4.83. The SMILES string of the molecule is COc1ccccc1C(=O)NC(=O)COC(=O)CN1C(=O)N[C@]2(CCCC[C@H]2C)C1=O. The maximum absolute atomic E-state index is 12.8. The Morgan fingerprint density at radius 1 is 1.23 bits per heavy atom. The fraction of sp³-hybridized carbons (Fsp3) is 0.476. The Hall–Kier alpha value is -3.43. The molecule has 1 heterocycles. The number of rotatable bonds is 6. The maximum Gasteiger partial charge on any atom is 0.326 e. The second-order valence-corrected chi connectivity index (χ2v) is 7.68. The number of methoxy groups -OCH3 is 1. The van der Waals surface area contributed by atoms with E-state index in [-0.39, 0.29) is 17.2 Å². The molecule has 0 aromatic heterocycles. The van der Waals surface area contributed by atoms with E-state index in [4.69, 9.17) is 9.47 Å². The highest BCUT2D eigenvalue weighted by atomic mass is 16.5. The summed E-state index contributed by atoms with van der Waals surface area (Å²) >= 11 is 0. The van der Waals surface area contributed by atoms with E-state index in [1.54, 1.807) is 18.2 Å². The number of hydrogen-bond acceptors (Lipinski definition) is 7. The molecule has 2 N–H and O–H groups in total. The minimum Gasteiger partial charge on any atom is -0.496 e. The lowest BCUT2D eigenvalue weighted by Gasteiger charge is -2.36. The first kappa shape index (κ1) is 22.3. The zero-order valence-electron chi connectivity index (χ0n) is 17.4. The third kappa shape index (κ3) is 4.52. The van der Waals surface area contributed by atoms with Crippen molar-refractivity contribution in [2.45, 2.75) is 38.1 Å². The molecule has 2 aliphatic rings. The van der Waals surface area contributed by atoms with E-state index < -0.39 is 48.4 Å². The van der Waals surface area contributed by atoms with Gasteiger partial charge in [-0.2, -0.15) is 0 Å². The smallest absolute Gasteiger partial charge is 0.326 e. The molecule has 5 amide bonds. The first-order chi connectivity index (χ1) is 14.8. The number of amides is 5. The van der Waals surface area contributed by atoms with Crippen LogP contribution in [0.15, 0.2) is 24.3 Å². The highest BCUT2D eigenvalue weighted by molar-refractivity contribution is 6.09. The lowest BCUT2D eigenvalue weighted by molar-refractivity contribution is -0.151. The topological polar surface area (TPSA) is 131 Å². The van der Waals surface area contributed by atoms with Crippen LogP contribution in [0.2, 0.25) is 0 Å². The Labute approximate surface area is 179 Å². The summed E-state index contributed by atoms with van der Waals surface area (Å²) in [6, 6.07) is 5.68. The monoisotopic (exact) mass is 431 g/mol. The van der Waals surface area contributed by atoms with Crippen LogP contribution in [-0.2, 0) is 19.1 Å². The van der Waals surface area contributed by atoms with Crippen LogP contribution < -0.4 is 15.4 Å². The molecule has 166 valence electrons. The van der Waals surface area contributed by atoms with Crippen LogP contribution in [0.3, 0.4) is 0 Å². The predicted molar refractivity (Wildman–Crippen MR) is 107 cm³/mol. The number of ether oxygens (including phenoxy) is 2. The Morgan fingerprint density at radius 2 is 1.97 bits per heavy atom. The van der Waals surface area contributed by atoms with Crippen LogP contribution in [0.4, 0.5) is 4.79 Å². The number of imide groups is 2. The number of hydrogen-bond donors (Lipinski definition) is 2. The zero-order valence-corrected chi connectivity index (χ0v) is 17.4. The van der Waals surface area contributed by atoms with Gasteiger partial charge in [0.25, 0.3) is 17.7 Å². The number of para-hydroxylation sites is 1. The number of nitrogens with one attached hydrogen (secondary N) is 2. The summed E-state index contributed by atoms with van der Waals surface area (Å²) < 4.78 is 9.91. The van der Waals surface area contributed by atoms with Gasteiger partial charge in [0.2, 0.25) is 0 Å². The quantitative estimate of drug-likeness (QED) is 0.507. The Bertz CT molecular complexity index is 916. The number of esters is 1. The van der Waals surface area contributed by atoms with Crippen molar-refractivity contribution in [1.82, 2.24) is 15.5 Å². The molecule has 0 bridgehead atoms. The minimum atomic E-state index is -0.978. The number of carbonyl (C=O) groups excluding carboxylic acids is 5. The van der Waals surface area contributed by atoms with E-state index >= 15 is 0 Å². The largest absolute Gasteiger partial charge is 0.496 e. The Morgan fingerprint density at radius 3 is 2.68 bits per heavy atom. The van der Waals surface area contributed by atoms with Crippen LogP contribution >= 0.6 is 0 Å². The van der Waals surface area contributed by atoms with Gasteiger partial charge in [0, 0.05) is 0 Å². The Kier molecular flexibility index (Phi) is 6.57. The molecule has 31 heavy (non-hydrogen) atoms. The minimum absolute atomic E-state index is 0.0366. The van der Waals surface area contributed by atoms with Gasteiger partial charge in [-0.1, -0.05) is 31.9 Å². The van der Waals surface area contributed by atoms with Crippen LogP contribution in [0.1, 0.15) is 43.0 Å². The lowest BCUT2D eigenvalue weighted by atomic mass is 9.73. The molecular weight excluding hydrogens is 406 g/mol. The van der Waals surface area contributed by atoms with E-state index in [9.17, 15) is 24.0 Å². The molecular formula is C21H25N3O7. The van der Waals surface area contributed by atoms with Crippen molar-refractivity contribution in [2.75, 3.05) is 20.3 Å². The number of urea groups is 1. The third-order valence-corrected chi connectivity index (χ3v) is 5.76. The van der Waals surface area contributed by atoms with E-state index in [0.717, 1.165) is 24.2 Å². The molecule has 3 rings (SSSR count). The average Bonchev–Trinajstić information content (AvgIpc) is 2.99. The van der Waals surface area contributed by atoms with Crippen LogP contribution in [0.25, 0.3) is 0 Å². The van der Waals surface area contributed by atoms with E-state index in [2.05, 4.69) is 10.6 Å². The van der Waals surface area contributed by atoms with Crippen molar-refractivity contribution in [1.29, 1.82) is 0 Å². The molecule has 1 aromatic carbocycles. The number of nitrogens with zero attached hydrogens (tertiary/aromatic N) is 1. The molecule has 0 unspecified atom stereocenters. The molecule has 2 fully saturated rings. The molecule has 1 aliphatic heterocycles. The van der Waals surface area contributed by atoms with Gasteiger partial charge in [-0.05, 0) is 30.9 Å². The van der Waals surface area contributed by atoms with Crippen molar-refractivity contribution in [3.05, 3.63) is 29.8 Å². The highest BCUT2D eigenvalue weighted by Gasteiger charge is 2.55. The van der Waals surface area contributed by atoms with Gasteiger partial charge in [0.05, 0.1) is 12.7 Å².